The predicted molar refractivity (Wildman–Crippen MR) is 54.2 cm³/mol. The van der Waals surface area contributed by atoms with Gasteiger partial charge in [-0.1, -0.05) is 5.16 Å². The number of hydrogen-bond donors (Lipinski definition) is 1. The molecule has 5 heteroatoms. The lowest BCUT2D eigenvalue weighted by Gasteiger charge is -2.07. The predicted octanol–water partition coefficient (Wildman–Crippen LogP) is 2.20. The highest BCUT2D eigenvalue weighted by Gasteiger charge is 2.23. The van der Waals surface area contributed by atoms with Crippen molar-refractivity contribution in [3.63, 3.8) is 0 Å². The van der Waals surface area contributed by atoms with Gasteiger partial charge in [0.2, 0.25) is 0 Å². The van der Waals surface area contributed by atoms with Gasteiger partial charge in [-0.05, 0) is 18.9 Å². The molecular weight excluding hydrogens is 214 g/mol. The van der Waals surface area contributed by atoms with E-state index in [0.717, 1.165) is 34.5 Å². The van der Waals surface area contributed by atoms with Crippen LogP contribution in [0.15, 0.2) is 16.9 Å². The second-order valence-corrected chi connectivity index (χ2v) is 4.58. The van der Waals surface area contributed by atoms with Gasteiger partial charge in [-0.25, -0.2) is 4.79 Å². The number of hydrogen-bond acceptors (Lipinski definition) is 4. The Labute approximate surface area is 89.1 Å². The summed E-state index contributed by atoms with van der Waals surface area (Å²) in [5.41, 5.74) is 2.80. The first-order chi connectivity index (χ1) is 7.25. The number of nitrogens with zero attached hydrogens (tertiary/aromatic N) is 1. The van der Waals surface area contributed by atoms with Gasteiger partial charge in [0.25, 0.3) is 0 Å². The summed E-state index contributed by atoms with van der Waals surface area (Å²) >= 11 is 1.33. The van der Waals surface area contributed by atoms with Crippen molar-refractivity contribution in [3.05, 3.63) is 27.6 Å². The van der Waals surface area contributed by atoms with E-state index in [-0.39, 0.29) is 0 Å². The number of carbonyl (C=O) groups is 1. The number of fused-ring (bicyclic) bond motifs is 3. The fourth-order valence-electron chi connectivity index (χ4n) is 1.83. The lowest BCUT2D eigenvalue weighted by Crippen LogP contribution is -1.98. The molecule has 0 saturated carbocycles. The zero-order valence-electron chi connectivity index (χ0n) is 7.69. The highest BCUT2D eigenvalue weighted by Crippen LogP contribution is 2.37. The molecule has 0 aliphatic heterocycles. The van der Waals surface area contributed by atoms with Crippen LogP contribution in [0.5, 0.6) is 0 Å². The van der Waals surface area contributed by atoms with Crippen LogP contribution in [-0.2, 0) is 12.8 Å². The zero-order chi connectivity index (χ0) is 10.4. The summed E-state index contributed by atoms with van der Waals surface area (Å²) in [7, 11) is 0. The largest absolute Gasteiger partial charge is 0.477 e. The molecule has 0 bridgehead atoms. The molecule has 1 aliphatic carbocycles. The molecule has 2 heterocycles. The molecule has 2 aromatic heterocycles. The number of aryl methyl sites for hydroxylation is 2. The molecule has 0 spiro atoms. The minimum Gasteiger partial charge on any atom is -0.477 e. The average Bonchev–Trinajstić information content (AvgIpc) is 2.82. The SMILES string of the molecule is O=C(O)c1cc2c(s1)CCc1conc1-2. The van der Waals surface area contributed by atoms with Gasteiger partial charge in [0.1, 0.15) is 16.8 Å². The third-order valence-corrected chi connectivity index (χ3v) is 3.72. The molecule has 0 saturated heterocycles. The summed E-state index contributed by atoms with van der Waals surface area (Å²) in [6.07, 6.45) is 3.39. The van der Waals surface area contributed by atoms with Crippen LogP contribution in [0, 0.1) is 0 Å². The van der Waals surface area contributed by atoms with Gasteiger partial charge >= 0.3 is 5.97 Å². The van der Waals surface area contributed by atoms with Gasteiger partial charge in [-0.2, -0.15) is 0 Å². The third kappa shape index (κ3) is 1.20. The quantitative estimate of drug-likeness (QED) is 0.801. The van der Waals surface area contributed by atoms with E-state index >= 15 is 0 Å². The Balaban J connectivity index is 2.20. The van der Waals surface area contributed by atoms with Crippen molar-refractivity contribution in [1.29, 1.82) is 0 Å². The van der Waals surface area contributed by atoms with Crippen molar-refractivity contribution in [2.45, 2.75) is 12.8 Å². The molecule has 1 N–H and O–H groups in total. The molecule has 0 unspecified atom stereocenters. The number of aromatic carboxylic acids is 1. The van der Waals surface area contributed by atoms with Gasteiger partial charge in [-0.15, -0.1) is 11.3 Å². The minimum absolute atomic E-state index is 0.371. The topological polar surface area (TPSA) is 63.3 Å². The summed E-state index contributed by atoms with van der Waals surface area (Å²) in [4.78, 5) is 12.3. The first-order valence-corrected chi connectivity index (χ1v) is 5.37. The molecular formula is C10H7NO3S. The van der Waals surface area contributed by atoms with Gasteiger partial charge in [0.15, 0.2) is 0 Å². The number of carboxylic acids is 1. The van der Waals surface area contributed by atoms with Crippen molar-refractivity contribution >= 4 is 17.3 Å². The van der Waals surface area contributed by atoms with Gasteiger partial charge in [0.05, 0.1) is 0 Å². The van der Waals surface area contributed by atoms with Crippen LogP contribution in [0.4, 0.5) is 0 Å². The second kappa shape index (κ2) is 2.93. The number of carboxylic acid groups (broad SMARTS) is 1. The molecule has 3 rings (SSSR count). The lowest BCUT2D eigenvalue weighted by atomic mass is 9.97. The monoisotopic (exact) mass is 221 g/mol. The fourth-order valence-corrected chi connectivity index (χ4v) is 2.82. The first kappa shape index (κ1) is 8.67. The fraction of sp³-hybridized carbons (Fsp3) is 0.200. The standard InChI is InChI=1S/C10H7NO3S/c12-10(13)8-3-6-7(15-8)2-1-5-4-14-11-9(5)6/h3-4H,1-2H2,(H,12,13). The Kier molecular flexibility index (Phi) is 1.70. The average molecular weight is 221 g/mol. The summed E-state index contributed by atoms with van der Waals surface area (Å²) < 4.78 is 4.90. The highest BCUT2D eigenvalue weighted by molar-refractivity contribution is 7.14. The van der Waals surface area contributed by atoms with Crippen LogP contribution in [0.25, 0.3) is 11.3 Å². The summed E-state index contributed by atoms with van der Waals surface area (Å²) in [5, 5.41) is 12.8. The van der Waals surface area contributed by atoms with Gasteiger partial charge in [-0.3, -0.25) is 0 Å². The molecule has 15 heavy (non-hydrogen) atoms. The number of aromatic nitrogens is 1. The van der Waals surface area contributed by atoms with Crippen molar-refractivity contribution in [3.8, 4) is 11.3 Å². The maximum absolute atomic E-state index is 10.8. The van der Waals surface area contributed by atoms with E-state index in [1.807, 2.05) is 0 Å². The molecule has 4 nitrogen and oxygen atoms in total. The van der Waals surface area contributed by atoms with E-state index in [1.54, 1.807) is 12.3 Å². The van der Waals surface area contributed by atoms with Crippen molar-refractivity contribution in [1.82, 2.24) is 5.16 Å². The molecule has 0 aromatic carbocycles. The normalized spacial score (nSPS) is 13.3. The molecule has 0 fully saturated rings. The third-order valence-electron chi connectivity index (χ3n) is 2.54. The Hall–Kier alpha value is -1.62. The Morgan fingerprint density at radius 2 is 2.40 bits per heavy atom. The van der Waals surface area contributed by atoms with Crippen LogP contribution in [0.1, 0.15) is 20.1 Å². The molecule has 0 amide bonds. The first-order valence-electron chi connectivity index (χ1n) is 4.55. The maximum atomic E-state index is 10.8. The molecule has 76 valence electrons. The van der Waals surface area contributed by atoms with Crippen molar-refractivity contribution < 1.29 is 14.4 Å². The van der Waals surface area contributed by atoms with Crippen molar-refractivity contribution in [2.75, 3.05) is 0 Å². The zero-order valence-corrected chi connectivity index (χ0v) is 8.50. The Bertz CT molecular complexity index is 541. The van der Waals surface area contributed by atoms with E-state index in [0.29, 0.717) is 4.88 Å². The van der Waals surface area contributed by atoms with Gasteiger partial charge in [0, 0.05) is 16.0 Å². The van der Waals surface area contributed by atoms with E-state index in [9.17, 15) is 4.79 Å². The van der Waals surface area contributed by atoms with Gasteiger partial charge < -0.3 is 9.63 Å². The highest BCUT2D eigenvalue weighted by atomic mass is 32.1. The Morgan fingerprint density at radius 1 is 1.53 bits per heavy atom. The van der Waals surface area contributed by atoms with Crippen LogP contribution < -0.4 is 0 Å². The maximum Gasteiger partial charge on any atom is 0.345 e. The number of rotatable bonds is 1. The van der Waals surface area contributed by atoms with E-state index in [4.69, 9.17) is 9.63 Å². The van der Waals surface area contributed by atoms with Crippen molar-refractivity contribution in [2.24, 2.45) is 0 Å². The summed E-state index contributed by atoms with van der Waals surface area (Å²) in [6.45, 7) is 0. The smallest absolute Gasteiger partial charge is 0.345 e. The van der Waals surface area contributed by atoms with E-state index < -0.39 is 5.97 Å². The van der Waals surface area contributed by atoms with Crippen LogP contribution in [-0.4, -0.2) is 16.2 Å². The molecule has 0 atom stereocenters. The van der Waals surface area contributed by atoms with Crippen LogP contribution in [0.2, 0.25) is 0 Å². The molecule has 0 radical (unpaired) electrons. The summed E-state index contributed by atoms with van der Waals surface area (Å²) in [5.74, 6) is -0.876. The minimum atomic E-state index is -0.876. The summed E-state index contributed by atoms with van der Waals surface area (Å²) in [6, 6.07) is 1.68. The lowest BCUT2D eigenvalue weighted by molar-refractivity contribution is 0.0702. The van der Waals surface area contributed by atoms with E-state index in [1.165, 1.54) is 11.3 Å². The second-order valence-electron chi connectivity index (χ2n) is 3.44. The number of thiophene rings is 1. The van der Waals surface area contributed by atoms with Crippen LogP contribution in [0.3, 0.4) is 0 Å². The Morgan fingerprint density at radius 3 is 3.20 bits per heavy atom. The van der Waals surface area contributed by atoms with E-state index in [2.05, 4.69) is 5.16 Å². The van der Waals surface area contributed by atoms with Crippen LogP contribution >= 0.6 is 11.3 Å². The molecule has 1 aliphatic rings. The molecule has 2 aromatic rings.